The molecule has 7 heteroatoms. The van der Waals surface area contributed by atoms with Crippen molar-refractivity contribution < 1.29 is 9.90 Å². The Morgan fingerprint density at radius 3 is 2.95 bits per heavy atom. The molecule has 0 saturated carbocycles. The van der Waals surface area contributed by atoms with Crippen molar-refractivity contribution in [3.05, 3.63) is 45.9 Å². The monoisotopic (exact) mass is 297 g/mol. The van der Waals surface area contributed by atoms with E-state index < -0.39 is 12.0 Å². The largest absolute Gasteiger partial charge is 0.480 e. The minimum absolute atomic E-state index is 0.346. The lowest BCUT2D eigenvalue weighted by molar-refractivity contribution is -0.138. The van der Waals surface area contributed by atoms with Crippen LogP contribution in [0.4, 0.5) is 5.13 Å². The molecule has 0 fully saturated rings. The molecule has 0 spiro atoms. The van der Waals surface area contributed by atoms with E-state index in [9.17, 15) is 4.79 Å². The van der Waals surface area contributed by atoms with E-state index in [1.54, 1.807) is 5.38 Å². The van der Waals surface area contributed by atoms with Gasteiger partial charge in [0.2, 0.25) is 0 Å². The lowest BCUT2D eigenvalue weighted by Gasteiger charge is -2.05. The first-order chi connectivity index (χ1) is 9.08. The zero-order valence-electron chi connectivity index (χ0n) is 9.84. The highest BCUT2D eigenvalue weighted by molar-refractivity contribution is 7.13. The lowest BCUT2D eigenvalue weighted by atomic mass is 10.2. The molecule has 1 aromatic carbocycles. The van der Waals surface area contributed by atoms with Crippen molar-refractivity contribution in [2.45, 2.75) is 12.6 Å². The predicted octanol–water partition coefficient (Wildman–Crippen LogP) is 2.49. The Kier molecular flexibility index (Phi) is 4.36. The maximum absolute atomic E-state index is 10.7. The first-order valence-electron chi connectivity index (χ1n) is 5.49. The highest BCUT2D eigenvalue weighted by atomic mass is 35.5. The first-order valence-corrected chi connectivity index (χ1v) is 6.75. The molecule has 0 amide bonds. The molecule has 100 valence electrons. The van der Waals surface area contributed by atoms with Crippen LogP contribution in [0.2, 0.25) is 5.02 Å². The number of carboxylic acids is 1. The number of hydrogen-bond donors (Lipinski definition) is 3. The van der Waals surface area contributed by atoms with E-state index in [0.717, 1.165) is 5.56 Å². The number of nitrogens with zero attached hydrogens (tertiary/aromatic N) is 1. The maximum atomic E-state index is 10.7. The van der Waals surface area contributed by atoms with Crippen molar-refractivity contribution in [3.8, 4) is 0 Å². The number of nitrogens with two attached hydrogens (primary N) is 1. The molecule has 5 nitrogen and oxygen atoms in total. The Morgan fingerprint density at radius 2 is 2.26 bits per heavy atom. The molecule has 1 atom stereocenters. The van der Waals surface area contributed by atoms with Gasteiger partial charge in [-0.3, -0.25) is 4.79 Å². The minimum atomic E-state index is -1.09. The Hall–Kier alpha value is -1.63. The second kappa shape index (κ2) is 6.01. The van der Waals surface area contributed by atoms with Crippen LogP contribution >= 0.6 is 22.9 Å². The zero-order chi connectivity index (χ0) is 13.8. The van der Waals surface area contributed by atoms with Gasteiger partial charge in [-0.1, -0.05) is 29.8 Å². The number of anilines is 1. The topological polar surface area (TPSA) is 88.2 Å². The minimum Gasteiger partial charge on any atom is -0.480 e. The summed E-state index contributed by atoms with van der Waals surface area (Å²) in [5, 5.41) is 14.8. The van der Waals surface area contributed by atoms with Crippen LogP contribution in [0.25, 0.3) is 0 Å². The van der Waals surface area contributed by atoms with Crippen molar-refractivity contribution in [1.82, 2.24) is 4.98 Å². The molecule has 0 radical (unpaired) electrons. The summed E-state index contributed by atoms with van der Waals surface area (Å²) in [6.07, 6.45) is 0. The van der Waals surface area contributed by atoms with E-state index in [1.165, 1.54) is 11.3 Å². The highest BCUT2D eigenvalue weighted by Crippen LogP contribution is 2.22. The number of halogens is 1. The number of aliphatic carboxylic acids is 1. The number of carbonyl (C=O) groups is 1. The molecule has 0 saturated heterocycles. The normalized spacial score (nSPS) is 12.1. The van der Waals surface area contributed by atoms with Gasteiger partial charge in [0.1, 0.15) is 6.04 Å². The Morgan fingerprint density at radius 1 is 1.53 bits per heavy atom. The second-order valence-electron chi connectivity index (χ2n) is 3.84. The molecule has 2 aromatic rings. The van der Waals surface area contributed by atoms with Gasteiger partial charge in [0.15, 0.2) is 5.13 Å². The van der Waals surface area contributed by atoms with Gasteiger partial charge in [0, 0.05) is 16.9 Å². The number of aromatic nitrogens is 1. The van der Waals surface area contributed by atoms with Crippen LogP contribution in [0.15, 0.2) is 29.6 Å². The molecule has 0 aliphatic heterocycles. The van der Waals surface area contributed by atoms with Crippen LogP contribution < -0.4 is 11.1 Å². The van der Waals surface area contributed by atoms with Crippen LogP contribution in [0.5, 0.6) is 0 Å². The van der Waals surface area contributed by atoms with Gasteiger partial charge < -0.3 is 16.2 Å². The van der Waals surface area contributed by atoms with Crippen LogP contribution in [0, 0.1) is 0 Å². The molecule has 4 N–H and O–H groups in total. The molecule has 19 heavy (non-hydrogen) atoms. The van der Waals surface area contributed by atoms with Gasteiger partial charge in [-0.2, -0.15) is 0 Å². The van der Waals surface area contributed by atoms with Crippen LogP contribution in [-0.2, 0) is 11.3 Å². The standard InChI is InChI=1S/C12H12ClN3O2S/c13-8-4-2-1-3-7(8)5-15-12-16-9(6-19-12)10(14)11(17)18/h1-4,6,10H,5,14H2,(H,15,16)(H,17,18). The smallest absolute Gasteiger partial charge is 0.326 e. The van der Waals surface area contributed by atoms with Crippen LogP contribution in [0.1, 0.15) is 17.3 Å². The van der Waals surface area contributed by atoms with Gasteiger partial charge in [0.25, 0.3) is 0 Å². The maximum Gasteiger partial charge on any atom is 0.326 e. The highest BCUT2D eigenvalue weighted by Gasteiger charge is 2.17. The molecule has 0 aliphatic rings. The first kappa shape index (κ1) is 13.8. The third kappa shape index (κ3) is 3.44. The van der Waals surface area contributed by atoms with Crippen molar-refractivity contribution in [3.63, 3.8) is 0 Å². The van der Waals surface area contributed by atoms with E-state index in [4.69, 9.17) is 22.4 Å². The third-order valence-corrected chi connectivity index (χ3v) is 3.68. The summed E-state index contributed by atoms with van der Waals surface area (Å²) in [7, 11) is 0. The molecule has 0 aliphatic carbocycles. The SMILES string of the molecule is NC(C(=O)O)c1csc(NCc2ccccc2Cl)n1. The van der Waals surface area contributed by atoms with Gasteiger partial charge >= 0.3 is 5.97 Å². The number of thiazole rings is 1. The Labute approximate surface area is 119 Å². The fraction of sp³-hybridized carbons (Fsp3) is 0.167. The average Bonchev–Trinajstić information content (AvgIpc) is 2.85. The van der Waals surface area contributed by atoms with Crippen molar-refractivity contribution in [2.24, 2.45) is 5.73 Å². The Bertz CT molecular complexity index is 588. The number of hydrogen-bond acceptors (Lipinski definition) is 5. The summed E-state index contributed by atoms with van der Waals surface area (Å²) in [6.45, 7) is 0.523. The van der Waals surface area contributed by atoms with E-state index >= 15 is 0 Å². The van der Waals surface area contributed by atoms with Gasteiger partial charge in [0.05, 0.1) is 5.69 Å². The van der Waals surface area contributed by atoms with Crippen LogP contribution in [0.3, 0.4) is 0 Å². The van der Waals surface area contributed by atoms with E-state index in [1.807, 2.05) is 24.3 Å². The molecule has 2 rings (SSSR count). The zero-order valence-corrected chi connectivity index (χ0v) is 11.4. The second-order valence-corrected chi connectivity index (χ2v) is 5.10. The molecule has 1 aromatic heterocycles. The fourth-order valence-electron chi connectivity index (χ4n) is 1.45. The Balaban J connectivity index is 2.01. The average molecular weight is 298 g/mol. The summed E-state index contributed by atoms with van der Waals surface area (Å²) < 4.78 is 0. The number of rotatable bonds is 5. The van der Waals surface area contributed by atoms with Crippen molar-refractivity contribution in [1.29, 1.82) is 0 Å². The summed E-state index contributed by atoms with van der Waals surface area (Å²) in [5.41, 5.74) is 6.77. The van der Waals surface area contributed by atoms with Crippen LogP contribution in [-0.4, -0.2) is 16.1 Å². The number of benzene rings is 1. The van der Waals surface area contributed by atoms with Gasteiger partial charge in [-0.05, 0) is 11.6 Å². The summed E-state index contributed by atoms with van der Waals surface area (Å²) >= 11 is 7.34. The van der Waals surface area contributed by atoms with E-state index in [2.05, 4.69) is 10.3 Å². The van der Waals surface area contributed by atoms with Crippen molar-refractivity contribution in [2.75, 3.05) is 5.32 Å². The predicted molar refractivity (Wildman–Crippen MR) is 75.5 cm³/mol. The summed E-state index contributed by atoms with van der Waals surface area (Å²) in [6, 6.07) is 6.39. The lowest BCUT2D eigenvalue weighted by Crippen LogP contribution is -2.20. The molecule has 1 unspecified atom stereocenters. The third-order valence-electron chi connectivity index (χ3n) is 2.49. The number of carboxylic acid groups (broad SMARTS) is 1. The summed E-state index contributed by atoms with van der Waals surface area (Å²) in [5.74, 6) is -1.09. The molecular formula is C12H12ClN3O2S. The van der Waals surface area contributed by atoms with Crippen molar-refractivity contribution >= 4 is 34.0 Å². The van der Waals surface area contributed by atoms with Gasteiger partial charge in [-0.15, -0.1) is 11.3 Å². The van der Waals surface area contributed by atoms with E-state index in [0.29, 0.717) is 22.4 Å². The summed E-state index contributed by atoms with van der Waals surface area (Å²) in [4.78, 5) is 14.9. The van der Waals surface area contributed by atoms with Gasteiger partial charge in [-0.25, -0.2) is 4.98 Å². The van der Waals surface area contributed by atoms with E-state index in [-0.39, 0.29) is 0 Å². The molecule has 1 heterocycles. The quantitative estimate of drug-likeness (QED) is 0.789. The molecule has 0 bridgehead atoms. The number of nitrogens with one attached hydrogen (secondary N) is 1. The fourth-order valence-corrected chi connectivity index (χ4v) is 2.40. The molecular weight excluding hydrogens is 286 g/mol.